The van der Waals surface area contributed by atoms with Gasteiger partial charge in [0.2, 0.25) is 0 Å². The first-order valence-electron chi connectivity index (χ1n) is 6.90. The second-order valence-corrected chi connectivity index (χ2v) is 6.28. The van der Waals surface area contributed by atoms with Crippen LogP contribution in [0, 0.1) is 5.92 Å². The number of hydrogen-bond acceptors (Lipinski definition) is 7. The van der Waals surface area contributed by atoms with Gasteiger partial charge in [-0.1, -0.05) is 19.0 Å². The topological polar surface area (TPSA) is 103 Å². The Morgan fingerprint density at radius 3 is 2.77 bits per heavy atom. The van der Waals surface area contributed by atoms with Gasteiger partial charge in [-0.15, -0.1) is 0 Å². The van der Waals surface area contributed by atoms with Crippen molar-refractivity contribution in [3.05, 3.63) is 11.5 Å². The van der Waals surface area contributed by atoms with Crippen LogP contribution >= 0.6 is 11.6 Å². The van der Waals surface area contributed by atoms with Crippen LogP contribution in [0.15, 0.2) is 6.33 Å². The second-order valence-electron chi connectivity index (χ2n) is 5.92. The van der Waals surface area contributed by atoms with E-state index in [4.69, 9.17) is 26.8 Å². The van der Waals surface area contributed by atoms with Crippen LogP contribution < -0.4 is 11.1 Å². The molecule has 0 bridgehead atoms. The van der Waals surface area contributed by atoms with Gasteiger partial charge in [0, 0.05) is 12.5 Å². The predicted octanol–water partition coefficient (Wildman–Crippen LogP) is 1.66. The van der Waals surface area contributed by atoms with Gasteiger partial charge in [-0.3, -0.25) is 0 Å². The third kappa shape index (κ3) is 2.99. The fraction of sp³-hybridized carbons (Fsp3) is 0.714. The van der Waals surface area contributed by atoms with Crippen LogP contribution in [-0.2, 0) is 9.47 Å². The summed E-state index contributed by atoms with van der Waals surface area (Å²) < 4.78 is 11.8. The average Bonchev–Trinajstić information content (AvgIpc) is 2.89. The van der Waals surface area contributed by atoms with Gasteiger partial charge in [-0.25, -0.2) is 9.97 Å². The van der Waals surface area contributed by atoms with Gasteiger partial charge in [-0.2, -0.15) is 0 Å². The van der Waals surface area contributed by atoms with Crippen molar-refractivity contribution in [2.45, 2.75) is 51.7 Å². The molecule has 8 heteroatoms. The molecule has 3 rings (SSSR count). The van der Waals surface area contributed by atoms with Crippen LogP contribution in [0.2, 0.25) is 5.15 Å². The number of aliphatic hydroxyl groups is 1. The number of hydrogen-bond donors (Lipinski definition) is 3. The van der Waals surface area contributed by atoms with Crippen LogP contribution in [0.25, 0.3) is 0 Å². The Morgan fingerprint density at radius 2 is 2.09 bits per heavy atom. The van der Waals surface area contributed by atoms with Crippen molar-refractivity contribution >= 4 is 23.1 Å². The Kier molecular flexibility index (Phi) is 4.81. The van der Waals surface area contributed by atoms with Crippen molar-refractivity contribution in [3.63, 3.8) is 0 Å². The normalized spacial score (nSPS) is 32.4. The quantitative estimate of drug-likeness (QED) is 0.724. The van der Waals surface area contributed by atoms with E-state index in [1.807, 2.05) is 13.8 Å². The molecule has 0 spiro atoms. The number of rotatable bonds is 3. The summed E-state index contributed by atoms with van der Waals surface area (Å²) in [4.78, 5) is 7.94. The van der Waals surface area contributed by atoms with Crippen molar-refractivity contribution in [2.75, 3.05) is 17.7 Å². The highest BCUT2D eigenvalue weighted by atomic mass is 35.5. The molecule has 2 heterocycles. The van der Waals surface area contributed by atoms with Crippen molar-refractivity contribution in [1.29, 1.82) is 0 Å². The van der Waals surface area contributed by atoms with Gasteiger partial charge in [-0.05, 0) is 20.3 Å². The van der Waals surface area contributed by atoms with Crippen molar-refractivity contribution in [2.24, 2.45) is 5.92 Å². The minimum atomic E-state index is -0.655. The molecule has 0 unspecified atom stereocenters. The number of ether oxygens (including phenoxy) is 2. The number of nitrogens with one attached hydrogen (secondary N) is 1. The van der Waals surface area contributed by atoms with E-state index in [2.05, 4.69) is 15.3 Å². The molecule has 7 nitrogen and oxygen atoms in total. The number of aliphatic hydroxyl groups excluding tert-OH is 1. The number of nitrogen functional groups attached to an aromatic ring is 1. The molecule has 1 aromatic rings. The van der Waals surface area contributed by atoms with Crippen LogP contribution in [0.5, 0.6) is 0 Å². The smallest absolute Gasteiger partial charge is 0.163 e. The summed E-state index contributed by atoms with van der Waals surface area (Å²) >= 11 is 5.90. The molecule has 124 valence electrons. The van der Waals surface area contributed by atoms with E-state index >= 15 is 0 Å². The number of nitrogens with zero attached hydrogens (tertiary/aromatic N) is 2. The number of aromatic nitrogens is 2. The summed E-state index contributed by atoms with van der Waals surface area (Å²) in [5.41, 5.74) is 6.18. The Hall–Kier alpha value is -1.15. The molecule has 2 fully saturated rings. The largest absolute Gasteiger partial charge is 0.396 e. The molecule has 1 saturated carbocycles. The molecule has 1 aliphatic carbocycles. The Morgan fingerprint density at radius 1 is 1.41 bits per heavy atom. The molecular weight excluding hydrogens is 308 g/mol. The lowest BCUT2D eigenvalue weighted by Crippen LogP contribution is -2.34. The highest BCUT2D eigenvalue weighted by Crippen LogP contribution is 2.42. The minimum absolute atomic E-state index is 0. The zero-order valence-corrected chi connectivity index (χ0v) is 12.7. The van der Waals surface area contributed by atoms with Gasteiger partial charge >= 0.3 is 0 Å². The number of halogens is 1. The molecule has 0 amide bonds. The Bertz CT molecular complexity index is 543. The molecule has 0 radical (unpaired) electrons. The fourth-order valence-corrected chi connectivity index (χ4v) is 3.20. The van der Waals surface area contributed by atoms with Crippen molar-refractivity contribution in [1.82, 2.24) is 9.97 Å². The third-order valence-electron chi connectivity index (χ3n) is 3.97. The SMILES string of the molecule is C.CC1(C)O[C@@H]2[C@@H](CO)C[C@@H](Nc3ncnc(Cl)c3N)[C@@H]2O1. The highest BCUT2D eigenvalue weighted by Gasteiger charge is 2.53. The molecule has 4 N–H and O–H groups in total. The molecule has 0 aromatic carbocycles. The monoisotopic (exact) mass is 330 g/mol. The molecule has 1 aromatic heterocycles. The molecule has 2 aliphatic rings. The van der Waals surface area contributed by atoms with E-state index in [0.29, 0.717) is 17.9 Å². The lowest BCUT2D eigenvalue weighted by atomic mass is 10.1. The number of fused-ring (bicyclic) bond motifs is 1. The van der Waals surface area contributed by atoms with E-state index in [-0.39, 0.29) is 43.4 Å². The summed E-state index contributed by atoms with van der Waals surface area (Å²) in [6.07, 6.45) is 1.77. The van der Waals surface area contributed by atoms with Gasteiger partial charge in [0.25, 0.3) is 0 Å². The maximum atomic E-state index is 9.53. The molecular formula is C14H23ClN4O3. The summed E-state index contributed by atoms with van der Waals surface area (Å²) in [7, 11) is 0. The Balaban J connectivity index is 0.00000176. The first-order chi connectivity index (χ1) is 9.91. The van der Waals surface area contributed by atoms with E-state index < -0.39 is 5.79 Å². The summed E-state index contributed by atoms with van der Waals surface area (Å²) in [5.74, 6) is -0.156. The highest BCUT2D eigenvalue weighted by molar-refractivity contribution is 6.32. The van der Waals surface area contributed by atoms with Crippen molar-refractivity contribution < 1.29 is 14.6 Å². The zero-order chi connectivity index (χ0) is 15.2. The maximum Gasteiger partial charge on any atom is 0.163 e. The lowest BCUT2D eigenvalue weighted by molar-refractivity contribution is -0.158. The predicted molar refractivity (Wildman–Crippen MR) is 84.6 cm³/mol. The fourth-order valence-electron chi connectivity index (χ4n) is 3.07. The number of anilines is 2. The van der Waals surface area contributed by atoms with Gasteiger partial charge in [0.1, 0.15) is 18.1 Å². The average molecular weight is 331 g/mol. The van der Waals surface area contributed by atoms with E-state index in [9.17, 15) is 5.11 Å². The van der Waals surface area contributed by atoms with E-state index in [1.54, 1.807) is 0 Å². The maximum absolute atomic E-state index is 9.53. The van der Waals surface area contributed by atoms with Crippen LogP contribution in [0.3, 0.4) is 0 Å². The Labute approximate surface area is 135 Å². The van der Waals surface area contributed by atoms with Crippen LogP contribution in [0.1, 0.15) is 27.7 Å². The summed E-state index contributed by atoms with van der Waals surface area (Å²) in [6, 6.07) is -0.0535. The first-order valence-corrected chi connectivity index (χ1v) is 7.28. The molecule has 1 aliphatic heterocycles. The minimum Gasteiger partial charge on any atom is -0.396 e. The van der Waals surface area contributed by atoms with E-state index in [0.717, 1.165) is 0 Å². The van der Waals surface area contributed by atoms with Gasteiger partial charge < -0.3 is 25.6 Å². The second kappa shape index (κ2) is 6.16. The van der Waals surface area contributed by atoms with E-state index in [1.165, 1.54) is 6.33 Å². The number of nitrogens with two attached hydrogens (primary N) is 1. The van der Waals surface area contributed by atoms with Crippen molar-refractivity contribution in [3.8, 4) is 0 Å². The third-order valence-corrected chi connectivity index (χ3v) is 4.27. The zero-order valence-electron chi connectivity index (χ0n) is 11.9. The molecule has 1 saturated heterocycles. The van der Waals surface area contributed by atoms with Gasteiger partial charge in [0.05, 0.1) is 12.1 Å². The summed E-state index contributed by atoms with van der Waals surface area (Å²) in [5, 5.41) is 13.0. The van der Waals surface area contributed by atoms with Gasteiger partial charge in [0.15, 0.2) is 16.8 Å². The lowest BCUT2D eigenvalue weighted by Gasteiger charge is -2.24. The molecule has 22 heavy (non-hydrogen) atoms. The first kappa shape index (κ1) is 17.2. The van der Waals surface area contributed by atoms with Crippen LogP contribution in [-0.4, -0.2) is 45.7 Å². The standard InChI is InChI=1S/C13H19ClN4O3.CH4/c1-13(2)20-9-6(4-19)3-7(10(9)21-13)18-12-8(15)11(14)16-5-17-12;/h5-7,9-10,19H,3-4,15H2,1-2H3,(H,16,17,18);1H4/t6-,7-,9-,10+;/m1./s1. The van der Waals surface area contributed by atoms with Crippen LogP contribution in [0.4, 0.5) is 11.5 Å². The molecule has 4 atom stereocenters. The summed E-state index contributed by atoms with van der Waals surface area (Å²) in [6.45, 7) is 3.79.